The van der Waals surface area contributed by atoms with Crippen LogP contribution in [0.2, 0.25) is 0 Å². The van der Waals surface area contributed by atoms with Gasteiger partial charge in [0, 0.05) is 0 Å². The van der Waals surface area contributed by atoms with Crippen molar-refractivity contribution in [2.24, 2.45) is 0 Å². The lowest BCUT2D eigenvalue weighted by molar-refractivity contribution is 0.174. The normalized spacial score (nSPS) is 14.8. The first kappa shape index (κ1) is 6.77. The van der Waals surface area contributed by atoms with Crippen LogP contribution in [0.4, 0.5) is 0 Å². The lowest BCUT2D eigenvalue weighted by atomic mass is 10.2. The maximum Gasteiger partial charge on any atom is 0.172 e. The van der Waals surface area contributed by atoms with Crippen molar-refractivity contribution in [3.63, 3.8) is 0 Å². The number of hydrogen-bond donors (Lipinski definition) is 1. The van der Waals surface area contributed by atoms with Gasteiger partial charge in [0.05, 0.1) is 17.1 Å². The van der Waals surface area contributed by atoms with E-state index >= 15 is 0 Å². The molecule has 0 aliphatic carbocycles. The number of hydrogen-bond acceptors (Lipinski definition) is 3. The first-order valence-electron chi connectivity index (χ1n) is 4.17. The van der Waals surface area contributed by atoms with Crippen LogP contribution < -0.4 is 9.47 Å². The lowest BCUT2D eigenvalue weighted by Crippen LogP contribution is -2.15. The van der Waals surface area contributed by atoms with Gasteiger partial charge in [0.25, 0.3) is 0 Å². The Morgan fingerprint density at radius 3 is 3.15 bits per heavy atom. The van der Waals surface area contributed by atoms with Crippen LogP contribution in [0, 0.1) is 0 Å². The van der Waals surface area contributed by atoms with E-state index in [0.29, 0.717) is 13.2 Å². The summed E-state index contributed by atoms with van der Waals surface area (Å²) in [4.78, 5) is 0. The summed E-state index contributed by atoms with van der Waals surface area (Å²) >= 11 is 0. The molecule has 0 saturated carbocycles. The van der Waals surface area contributed by atoms with E-state index in [0.717, 1.165) is 22.4 Å². The van der Waals surface area contributed by atoms with E-state index < -0.39 is 0 Å². The van der Waals surface area contributed by atoms with Crippen molar-refractivity contribution in [2.75, 3.05) is 13.2 Å². The zero-order valence-electron chi connectivity index (χ0n) is 6.91. The van der Waals surface area contributed by atoms with Gasteiger partial charge in [-0.05, 0) is 12.1 Å². The van der Waals surface area contributed by atoms with E-state index in [4.69, 9.17) is 9.47 Å². The van der Waals surface area contributed by atoms with E-state index in [2.05, 4.69) is 10.2 Å². The zero-order chi connectivity index (χ0) is 8.67. The number of aromatic amines is 1. The molecule has 4 nitrogen and oxygen atoms in total. The number of fused-ring (bicyclic) bond motifs is 3. The molecule has 0 radical (unpaired) electrons. The maximum atomic E-state index is 5.51. The van der Waals surface area contributed by atoms with E-state index in [1.54, 1.807) is 6.20 Å². The van der Waals surface area contributed by atoms with Gasteiger partial charge in [-0.3, -0.25) is 5.10 Å². The molecule has 0 spiro atoms. The molecule has 1 aliphatic rings. The second kappa shape index (κ2) is 2.39. The molecule has 0 bridgehead atoms. The number of aromatic nitrogens is 2. The summed E-state index contributed by atoms with van der Waals surface area (Å²) < 4.78 is 10.9. The quantitative estimate of drug-likeness (QED) is 0.658. The summed E-state index contributed by atoms with van der Waals surface area (Å²) in [5, 5.41) is 7.82. The number of benzene rings is 1. The molecule has 0 amide bonds. The van der Waals surface area contributed by atoms with Crippen molar-refractivity contribution in [3.8, 4) is 11.5 Å². The molecular formula is C9H8N2O2. The molecular weight excluding hydrogens is 168 g/mol. The minimum absolute atomic E-state index is 0.608. The molecule has 2 heterocycles. The SMILES string of the molecule is c1cc2[nH]ncc2c2c1OCCO2. The van der Waals surface area contributed by atoms with Crippen molar-refractivity contribution < 1.29 is 9.47 Å². The van der Waals surface area contributed by atoms with Crippen molar-refractivity contribution in [3.05, 3.63) is 18.3 Å². The highest BCUT2D eigenvalue weighted by Crippen LogP contribution is 2.36. The second-order valence-corrected chi connectivity index (χ2v) is 2.92. The minimum Gasteiger partial charge on any atom is -0.486 e. The highest BCUT2D eigenvalue weighted by molar-refractivity contribution is 5.87. The van der Waals surface area contributed by atoms with Crippen LogP contribution in [-0.2, 0) is 0 Å². The largest absolute Gasteiger partial charge is 0.486 e. The summed E-state index contributed by atoms with van der Waals surface area (Å²) in [5.74, 6) is 1.61. The van der Waals surface area contributed by atoms with Crippen LogP contribution >= 0.6 is 0 Å². The number of rotatable bonds is 0. The van der Waals surface area contributed by atoms with Crippen LogP contribution in [0.3, 0.4) is 0 Å². The predicted octanol–water partition coefficient (Wildman–Crippen LogP) is 1.33. The number of ether oxygens (including phenoxy) is 2. The Hall–Kier alpha value is -1.71. The summed E-state index contributed by atoms with van der Waals surface area (Å²) in [6, 6.07) is 3.84. The summed E-state index contributed by atoms with van der Waals surface area (Å²) in [6.07, 6.45) is 1.75. The van der Waals surface area contributed by atoms with E-state index in [-0.39, 0.29) is 0 Å². The molecule has 3 rings (SSSR count). The van der Waals surface area contributed by atoms with Crippen LogP contribution in [0.1, 0.15) is 0 Å². The Labute approximate surface area is 74.5 Å². The number of nitrogens with one attached hydrogen (secondary N) is 1. The van der Waals surface area contributed by atoms with Crippen molar-refractivity contribution >= 4 is 10.9 Å². The van der Waals surface area contributed by atoms with E-state index in [9.17, 15) is 0 Å². The van der Waals surface area contributed by atoms with E-state index in [1.165, 1.54) is 0 Å². The fraction of sp³-hybridized carbons (Fsp3) is 0.222. The molecule has 4 heteroatoms. The third kappa shape index (κ3) is 0.884. The molecule has 1 aromatic heterocycles. The molecule has 0 saturated heterocycles. The van der Waals surface area contributed by atoms with Gasteiger partial charge in [-0.1, -0.05) is 0 Å². The first-order valence-corrected chi connectivity index (χ1v) is 4.17. The third-order valence-electron chi connectivity index (χ3n) is 2.13. The molecule has 0 fully saturated rings. The van der Waals surface area contributed by atoms with Gasteiger partial charge in [0.1, 0.15) is 13.2 Å². The molecule has 66 valence electrons. The highest BCUT2D eigenvalue weighted by atomic mass is 16.6. The summed E-state index contributed by atoms with van der Waals surface area (Å²) in [7, 11) is 0. The smallest absolute Gasteiger partial charge is 0.172 e. The Kier molecular flexibility index (Phi) is 1.24. The van der Waals surface area contributed by atoms with Crippen molar-refractivity contribution in [1.29, 1.82) is 0 Å². The average molecular weight is 176 g/mol. The van der Waals surface area contributed by atoms with Crippen LogP contribution in [0.25, 0.3) is 10.9 Å². The molecule has 1 N–H and O–H groups in total. The zero-order valence-corrected chi connectivity index (χ0v) is 6.91. The van der Waals surface area contributed by atoms with E-state index in [1.807, 2.05) is 12.1 Å². The predicted molar refractivity (Wildman–Crippen MR) is 47.1 cm³/mol. The van der Waals surface area contributed by atoms with Gasteiger partial charge in [-0.15, -0.1) is 0 Å². The molecule has 0 unspecified atom stereocenters. The fourth-order valence-electron chi connectivity index (χ4n) is 1.53. The molecule has 1 aromatic carbocycles. The summed E-state index contributed by atoms with van der Waals surface area (Å²) in [6.45, 7) is 1.23. The highest BCUT2D eigenvalue weighted by Gasteiger charge is 2.15. The monoisotopic (exact) mass is 176 g/mol. The minimum atomic E-state index is 0.608. The third-order valence-corrected chi connectivity index (χ3v) is 2.13. The Morgan fingerprint density at radius 1 is 1.23 bits per heavy atom. The Bertz CT molecular complexity index is 450. The van der Waals surface area contributed by atoms with Crippen LogP contribution in [-0.4, -0.2) is 23.4 Å². The average Bonchev–Trinajstić information content (AvgIpc) is 2.65. The number of nitrogens with zero attached hydrogens (tertiary/aromatic N) is 1. The van der Waals surface area contributed by atoms with Crippen LogP contribution in [0.5, 0.6) is 11.5 Å². The topological polar surface area (TPSA) is 47.1 Å². The second-order valence-electron chi connectivity index (χ2n) is 2.92. The van der Waals surface area contributed by atoms with Crippen LogP contribution in [0.15, 0.2) is 18.3 Å². The first-order chi connectivity index (χ1) is 6.45. The van der Waals surface area contributed by atoms with Gasteiger partial charge in [0.2, 0.25) is 0 Å². The molecule has 0 atom stereocenters. The number of H-pyrrole nitrogens is 1. The fourth-order valence-corrected chi connectivity index (χ4v) is 1.53. The van der Waals surface area contributed by atoms with Gasteiger partial charge in [-0.2, -0.15) is 5.10 Å². The van der Waals surface area contributed by atoms with Gasteiger partial charge in [0.15, 0.2) is 11.5 Å². The lowest BCUT2D eigenvalue weighted by Gasteiger charge is -2.18. The summed E-state index contributed by atoms with van der Waals surface area (Å²) in [5.41, 5.74) is 0.976. The molecule has 1 aliphatic heterocycles. The Balaban J connectivity index is 2.34. The van der Waals surface area contributed by atoms with Gasteiger partial charge < -0.3 is 9.47 Å². The molecule has 2 aromatic rings. The van der Waals surface area contributed by atoms with Gasteiger partial charge in [-0.25, -0.2) is 0 Å². The maximum absolute atomic E-state index is 5.51. The van der Waals surface area contributed by atoms with Crippen molar-refractivity contribution in [2.45, 2.75) is 0 Å². The van der Waals surface area contributed by atoms with Gasteiger partial charge >= 0.3 is 0 Å². The Morgan fingerprint density at radius 2 is 2.15 bits per heavy atom. The standard InChI is InChI=1S/C9H8N2O2/c1-2-8-9(13-4-3-12-8)6-5-10-11-7(1)6/h1-2,5H,3-4H2,(H,10,11). The van der Waals surface area contributed by atoms with Crippen molar-refractivity contribution in [1.82, 2.24) is 10.2 Å². The molecule has 13 heavy (non-hydrogen) atoms.